The Balaban J connectivity index is 2.15. The lowest BCUT2D eigenvalue weighted by atomic mass is 10.0. The number of pyridine rings is 1. The summed E-state index contributed by atoms with van der Waals surface area (Å²) >= 11 is 6.60. The van der Waals surface area contributed by atoms with Gasteiger partial charge in [-0.1, -0.05) is 24.0 Å². The van der Waals surface area contributed by atoms with Crippen molar-refractivity contribution in [1.29, 1.82) is 5.26 Å². The summed E-state index contributed by atoms with van der Waals surface area (Å²) in [5, 5.41) is 9.55. The summed E-state index contributed by atoms with van der Waals surface area (Å²) < 4.78 is 2.09. The van der Waals surface area contributed by atoms with E-state index in [9.17, 15) is 14.9 Å². The quantitative estimate of drug-likeness (QED) is 0.552. The van der Waals surface area contributed by atoms with Crippen LogP contribution in [0.5, 0.6) is 0 Å². The third-order valence-electron chi connectivity index (χ3n) is 5.70. The molecular formula is C20H26N5O2S2+. The molecule has 1 N–H and O–H groups in total. The second kappa shape index (κ2) is 8.69. The summed E-state index contributed by atoms with van der Waals surface area (Å²) in [7, 11) is 1.70. The van der Waals surface area contributed by atoms with Gasteiger partial charge in [0.1, 0.15) is 21.8 Å². The smallest absolute Gasteiger partial charge is 0.270 e. The van der Waals surface area contributed by atoms with Gasteiger partial charge in [0.05, 0.1) is 37.6 Å². The number of nitrogens with zero attached hydrogens (tertiary/aromatic N) is 4. The zero-order valence-electron chi connectivity index (χ0n) is 17.2. The van der Waals surface area contributed by atoms with Crippen LogP contribution >= 0.6 is 24.0 Å². The van der Waals surface area contributed by atoms with Gasteiger partial charge in [-0.25, -0.2) is 0 Å². The minimum Gasteiger partial charge on any atom is -0.346 e. The van der Waals surface area contributed by atoms with Crippen LogP contribution in [0.15, 0.2) is 9.70 Å². The van der Waals surface area contributed by atoms with E-state index in [-0.39, 0.29) is 17.0 Å². The Morgan fingerprint density at radius 3 is 2.45 bits per heavy atom. The van der Waals surface area contributed by atoms with Crippen molar-refractivity contribution in [2.75, 3.05) is 44.2 Å². The average molecular weight is 433 g/mol. The van der Waals surface area contributed by atoms with Crippen molar-refractivity contribution in [1.82, 2.24) is 9.47 Å². The standard InChI is InChI=1S/C20H25N5O2S2/c1-5-23-7-9-24(10-8-23)17-14(13(3)15(12-21)18(26)22(17)4)11-16-19(27)25(6-2)20(28)29-16/h11H,5-10H2,1-4H3/p+1/b16-11-. The number of anilines is 1. The van der Waals surface area contributed by atoms with Gasteiger partial charge < -0.3 is 9.80 Å². The number of carbonyl (C=O) groups is 1. The Morgan fingerprint density at radius 2 is 1.93 bits per heavy atom. The minimum atomic E-state index is -0.302. The molecule has 2 saturated heterocycles. The fraction of sp³-hybridized carbons (Fsp3) is 0.500. The first-order valence-corrected chi connectivity index (χ1v) is 11.0. The highest BCUT2D eigenvalue weighted by molar-refractivity contribution is 8.26. The van der Waals surface area contributed by atoms with E-state index in [0.29, 0.717) is 21.3 Å². The summed E-state index contributed by atoms with van der Waals surface area (Å²) in [4.78, 5) is 31.4. The van der Waals surface area contributed by atoms with Crippen LogP contribution in [0.1, 0.15) is 30.5 Å². The predicted octanol–water partition coefficient (Wildman–Crippen LogP) is 0.511. The Labute approximate surface area is 180 Å². The van der Waals surface area contributed by atoms with Crippen molar-refractivity contribution < 1.29 is 9.69 Å². The molecule has 0 aromatic carbocycles. The third kappa shape index (κ3) is 3.84. The molecule has 0 aliphatic carbocycles. The lowest BCUT2D eigenvalue weighted by Crippen LogP contribution is -3.14. The molecule has 0 radical (unpaired) electrons. The lowest BCUT2D eigenvalue weighted by molar-refractivity contribution is -0.898. The number of carbonyl (C=O) groups excluding carboxylic acids is 1. The second-order valence-corrected chi connectivity index (χ2v) is 8.91. The van der Waals surface area contributed by atoms with Crippen molar-refractivity contribution in [3.05, 3.63) is 31.9 Å². The van der Waals surface area contributed by atoms with Crippen LogP contribution in [0.4, 0.5) is 5.82 Å². The molecule has 0 saturated carbocycles. The number of nitrogens with one attached hydrogen (secondary N) is 1. The van der Waals surface area contributed by atoms with Crippen LogP contribution in [0.2, 0.25) is 0 Å². The van der Waals surface area contributed by atoms with Crippen LogP contribution in [0.25, 0.3) is 6.08 Å². The zero-order valence-corrected chi connectivity index (χ0v) is 18.9. The number of thioether (sulfide) groups is 1. The molecule has 3 heterocycles. The highest BCUT2D eigenvalue weighted by Gasteiger charge is 2.32. The number of nitriles is 1. The Bertz CT molecular complexity index is 984. The van der Waals surface area contributed by atoms with E-state index in [0.717, 1.165) is 44.1 Å². The molecule has 2 aliphatic rings. The number of likely N-dealkylation sites (N-methyl/N-ethyl adjacent to an activating group) is 2. The molecular weight excluding hydrogens is 406 g/mol. The van der Waals surface area contributed by atoms with Crippen LogP contribution in [0, 0.1) is 18.3 Å². The molecule has 2 fully saturated rings. The number of thiocarbonyl (C=S) groups is 1. The molecule has 0 atom stereocenters. The molecule has 2 aliphatic heterocycles. The van der Waals surface area contributed by atoms with Gasteiger partial charge in [-0.2, -0.15) is 5.26 Å². The van der Waals surface area contributed by atoms with E-state index < -0.39 is 0 Å². The third-order valence-corrected chi connectivity index (χ3v) is 7.08. The fourth-order valence-electron chi connectivity index (χ4n) is 3.89. The summed E-state index contributed by atoms with van der Waals surface area (Å²) in [5.74, 6) is 0.642. The molecule has 1 amide bonds. The maximum absolute atomic E-state index is 12.8. The van der Waals surface area contributed by atoms with Crippen molar-refractivity contribution in [2.45, 2.75) is 20.8 Å². The van der Waals surface area contributed by atoms with Crippen LogP contribution in [-0.2, 0) is 11.8 Å². The predicted molar refractivity (Wildman–Crippen MR) is 120 cm³/mol. The summed E-state index contributed by atoms with van der Waals surface area (Å²) in [6.07, 6.45) is 1.80. The monoisotopic (exact) mass is 432 g/mol. The number of amides is 1. The molecule has 1 aromatic rings. The van der Waals surface area contributed by atoms with Crippen LogP contribution < -0.4 is 15.4 Å². The molecule has 7 nitrogen and oxygen atoms in total. The molecule has 154 valence electrons. The Morgan fingerprint density at radius 1 is 1.28 bits per heavy atom. The van der Waals surface area contributed by atoms with Gasteiger partial charge in [0, 0.05) is 19.2 Å². The molecule has 9 heteroatoms. The van der Waals surface area contributed by atoms with Crippen LogP contribution in [-0.4, -0.2) is 59.0 Å². The normalized spacial score (nSPS) is 19.3. The van der Waals surface area contributed by atoms with E-state index in [1.807, 2.05) is 13.0 Å². The van der Waals surface area contributed by atoms with Crippen molar-refractivity contribution in [3.8, 4) is 6.07 Å². The van der Waals surface area contributed by atoms with Crippen LogP contribution in [0.3, 0.4) is 0 Å². The number of rotatable bonds is 4. The molecule has 1 aromatic heterocycles. The van der Waals surface area contributed by atoms with E-state index >= 15 is 0 Å². The van der Waals surface area contributed by atoms with Crippen molar-refractivity contribution >= 4 is 46.1 Å². The van der Waals surface area contributed by atoms with Gasteiger partial charge in [0.15, 0.2) is 0 Å². The minimum absolute atomic E-state index is 0.117. The topological polar surface area (TPSA) is 73.8 Å². The number of piperazine rings is 1. The molecule has 3 rings (SSSR count). The molecule has 0 bridgehead atoms. The van der Waals surface area contributed by atoms with Gasteiger partial charge in [0.2, 0.25) is 0 Å². The molecule has 0 spiro atoms. The summed E-state index contributed by atoms with van der Waals surface area (Å²) in [6, 6.07) is 2.04. The van der Waals surface area contributed by atoms with E-state index in [4.69, 9.17) is 12.2 Å². The Hall–Kier alpha value is -2.15. The number of aromatic nitrogens is 1. The van der Waals surface area contributed by atoms with Gasteiger partial charge >= 0.3 is 0 Å². The summed E-state index contributed by atoms with van der Waals surface area (Å²) in [6.45, 7) is 11.0. The maximum atomic E-state index is 12.8. The SMILES string of the molecule is CCN1C(=O)/C(=C/c2c(C)c(C#N)c(=O)n(C)c2N2CC[NH+](CC)CC2)SC1=S. The number of hydrogen-bond acceptors (Lipinski definition) is 6. The Kier molecular flexibility index (Phi) is 6.46. The number of quaternary nitrogens is 1. The highest BCUT2D eigenvalue weighted by atomic mass is 32.2. The van der Waals surface area contributed by atoms with Gasteiger partial charge in [-0.3, -0.25) is 19.1 Å². The fourth-order valence-corrected chi connectivity index (χ4v) is 5.25. The van der Waals surface area contributed by atoms with E-state index in [2.05, 4.69) is 11.8 Å². The first-order valence-electron chi connectivity index (χ1n) is 9.81. The van der Waals surface area contributed by atoms with Crippen molar-refractivity contribution in [3.63, 3.8) is 0 Å². The first-order chi connectivity index (χ1) is 13.8. The highest BCUT2D eigenvalue weighted by Crippen LogP contribution is 2.35. The summed E-state index contributed by atoms with van der Waals surface area (Å²) in [5.41, 5.74) is 1.17. The zero-order chi connectivity index (χ0) is 21.3. The number of hydrogen-bond donors (Lipinski definition) is 1. The van der Waals surface area contributed by atoms with E-state index in [1.165, 1.54) is 16.7 Å². The molecule has 0 unspecified atom stereocenters. The van der Waals surface area contributed by atoms with Gasteiger partial charge in [-0.05, 0) is 32.4 Å². The lowest BCUT2D eigenvalue weighted by Gasteiger charge is -2.35. The molecule has 29 heavy (non-hydrogen) atoms. The first kappa shape index (κ1) is 21.6. The largest absolute Gasteiger partial charge is 0.346 e. The average Bonchev–Trinajstić information content (AvgIpc) is 2.99. The van der Waals surface area contributed by atoms with Crippen molar-refractivity contribution in [2.24, 2.45) is 7.05 Å². The maximum Gasteiger partial charge on any atom is 0.270 e. The van der Waals surface area contributed by atoms with Gasteiger partial charge in [0.25, 0.3) is 11.5 Å². The van der Waals surface area contributed by atoms with Gasteiger partial charge in [-0.15, -0.1) is 0 Å². The second-order valence-electron chi connectivity index (χ2n) is 7.23. The van der Waals surface area contributed by atoms with E-state index in [1.54, 1.807) is 29.5 Å².